The van der Waals surface area contributed by atoms with Crippen LogP contribution in [0.1, 0.15) is 36.5 Å². The van der Waals surface area contributed by atoms with Crippen molar-refractivity contribution in [2.24, 2.45) is 0 Å². The van der Waals surface area contributed by atoms with Gasteiger partial charge in [-0.3, -0.25) is 4.79 Å². The summed E-state index contributed by atoms with van der Waals surface area (Å²) in [5.41, 5.74) is 3.69. The maximum absolute atomic E-state index is 13.3. The zero-order valence-corrected chi connectivity index (χ0v) is 15.9. The summed E-state index contributed by atoms with van der Waals surface area (Å²) < 4.78 is 17.6. The first-order valence-corrected chi connectivity index (χ1v) is 9.58. The van der Waals surface area contributed by atoms with E-state index in [1.807, 2.05) is 49.4 Å². The van der Waals surface area contributed by atoms with Gasteiger partial charge in [-0.15, -0.1) is 0 Å². The highest BCUT2D eigenvalue weighted by molar-refractivity contribution is 6.07. The largest absolute Gasteiger partial charge is 0.493 e. The predicted molar refractivity (Wildman–Crippen MR) is 103 cm³/mol. The van der Waals surface area contributed by atoms with Crippen LogP contribution in [-0.4, -0.2) is 25.7 Å². The number of rotatable bonds is 6. The lowest BCUT2D eigenvalue weighted by molar-refractivity contribution is -0.180. The van der Waals surface area contributed by atoms with Gasteiger partial charge < -0.3 is 19.1 Å². The quantitative estimate of drug-likeness (QED) is 0.726. The summed E-state index contributed by atoms with van der Waals surface area (Å²) in [6, 6.07) is 13.8. The molecule has 2 aliphatic rings. The Morgan fingerprint density at radius 1 is 1.11 bits per heavy atom. The van der Waals surface area contributed by atoms with Gasteiger partial charge in [-0.2, -0.15) is 0 Å². The topological polar surface area (TPSA) is 48.0 Å². The zero-order chi connectivity index (χ0) is 18.9. The fourth-order valence-corrected chi connectivity index (χ4v) is 3.79. The minimum absolute atomic E-state index is 0.160. The minimum atomic E-state index is -1.29. The highest BCUT2D eigenvalue weighted by atomic mass is 16.7. The van der Waals surface area contributed by atoms with E-state index in [4.69, 9.17) is 14.2 Å². The number of nitrogens with zero attached hydrogens (tertiary/aromatic N) is 1. The van der Waals surface area contributed by atoms with Crippen molar-refractivity contribution in [3.8, 4) is 5.75 Å². The molecule has 1 saturated heterocycles. The van der Waals surface area contributed by atoms with Gasteiger partial charge in [-0.05, 0) is 25.0 Å². The third kappa shape index (κ3) is 3.01. The first-order chi connectivity index (χ1) is 13.2. The number of hydrogen-bond donors (Lipinski definition) is 0. The van der Waals surface area contributed by atoms with Crippen molar-refractivity contribution >= 4 is 11.6 Å². The Kier molecular flexibility index (Phi) is 4.89. The first kappa shape index (κ1) is 18.0. The molecule has 1 amide bonds. The first-order valence-electron chi connectivity index (χ1n) is 9.58. The number of carbonyl (C=O) groups excluding carboxylic acids is 1. The van der Waals surface area contributed by atoms with Gasteiger partial charge in [0, 0.05) is 11.1 Å². The van der Waals surface area contributed by atoms with Gasteiger partial charge in [0.2, 0.25) is 0 Å². The molecule has 27 heavy (non-hydrogen) atoms. The zero-order valence-electron chi connectivity index (χ0n) is 15.9. The van der Waals surface area contributed by atoms with Crippen molar-refractivity contribution < 1.29 is 19.0 Å². The molecule has 0 aliphatic carbocycles. The summed E-state index contributed by atoms with van der Waals surface area (Å²) in [6.45, 7) is 6.09. The smallest absolute Gasteiger partial charge is 0.292 e. The molecule has 1 fully saturated rings. The van der Waals surface area contributed by atoms with Gasteiger partial charge in [-0.1, -0.05) is 49.7 Å². The Morgan fingerprint density at radius 2 is 1.89 bits per heavy atom. The number of ether oxygens (including phenoxy) is 3. The third-order valence-electron chi connectivity index (χ3n) is 5.14. The molecule has 0 unspecified atom stereocenters. The van der Waals surface area contributed by atoms with E-state index in [1.54, 1.807) is 4.90 Å². The number of aryl methyl sites for hydroxylation is 1. The lowest BCUT2D eigenvalue weighted by Gasteiger charge is -2.23. The fraction of sp³-hybridized carbons (Fsp3) is 0.409. The van der Waals surface area contributed by atoms with Crippen LogP contribution in [0.15, 0.2) is 42.5 Å². The number of hydrogen-bond acceptors (Lipinski definition) is 4. The molecule has 0 bridgehead atoms. The van der Waals surface area contributed by atoms with Crippen LogP contribution in [0, 0.1) is 6.92 Å². The number of para-hydroxylation sites is 2. The Bertz CT molecular complexity index is 842. The van der Waals surface area contributed by atoms with Crippen LogP contribution >= 0.6 is 0 Å². The molecule has 0 atom stereocenters. The maximum Gasteiger partial charge on any atom is 0.292 e. The van der Waals surface area contributed by atoms with Crippen LogP contribution in [0.3, 0.4) is 0 Å². The number of benzene rings is 2. The van der Waals surface area contributed by atoms with Crippen LogP contribution in [0.2, 0.25) is 0 Å². The molecule has 1 spiro atoms. The summed E-state index contributed by atoms with van der Waals surface area (Å²) >= 11 is 0. The highest BCUT2D eigenvalue weighted by Gasteiger charge is 2.56. The molecule has 0 aromatic heterocycles. The number of amides is 1. The van der Waals surface area contributed by atoms with E-state index in [2.05, 4.69) is 6.92 Å². The normalized spacial score (nSPS) is 17.6. The van der Waals surface area contributed by atoms with Crippen molar-refractivity contribution in [1.82, 2.24) is 0 Å². The molecule has 2 aromatic carbocycles. The van der Waals surface area contributed by atoms with Crippen molar-refractivity contribution in [1.29, 1.82) is 0 Å². The number of anilines is 1. The maximum atomic E-state index is 13.3. The highest BCUT2D eigenvalue weighted by Crippen LogP contribution is 2.47. The van der Waals surface area contributed by atoms with E-state index in [1.165, 1.54) is 0 Å². The standard InChI is InChI=1S/C22H25NO4/c1-3-4-12-25-19-11-6-5-9-17(19)15-23-20-16(2)8-7-10-18(20)22(21(23)24)26-13-14-27-22/h5-11H,3-4,12-15H2,1-2H3. The summed E-state index contributed by atoms with van der Waals surface area (Å²) in [6.07, 6.45) is 2.08. The monoisotopic (exact) mass is 367 g/mol. The third-order valence-corrected chi connectivity index (χ3v) is 5.14. The van der Waals surface area contributed by atoms with E-state index in [0.717, 1.165) is 41.0 Å². The second-order valence-corrected chi connectivity index (χ2v) is 6.99. The van der Waals surface area contributed by atoms with Crippen LogP contribution < -0.4 is 9.64 Å². The van der Waals surface area contributed by atoms with Crippen LogP contribution in [0.5, 0.6) is 5.75 Å². The molecule has 2 aliphatic heterocycles. The summed E-state index contributed by atoms with van der Waals surface area (Å²) in [5, 5.41) is 0. The lowest BCUT2D eigenvalue weighted by atomic mass is 10.0. The van der Waals surface area contributed by atoms with E-state index >= 15 is 0 Å². The van der Waals surface area contributed by atoms with Gasteiger partial charge in [0.1, 0.15) is 5.75 Å². The Labute approximate surface area is 159 Å². The van der Waals surface area contributed by atoms with E-state index in [-0.39, 0.29) is 5.91 Å². The molecule has 4 rings (SSSR count). The number of carbonyl (C=O) groups is 1. The van der Waals surface area contributed by atoms with Crippen molar-refractivity contribution in [2.45, 2.75) is 39.0 Å². The van der Waals surface area contributed by atoms with E-state index < -0.39 is 5.79 Å². The molecular formula is C22H25NO4. The van der Waals surface area contributed by atoms with Crippen LogP contribution in [0.25, 0.3) is 0 Å². The van der Waals surface area contributed by atoms with Crippen molar-refractivity contribution in [3.63, 3.8) is 0 Å². The number of fused-ring (bicyclic) bond motifs is 2. The molecule has 0 saturated carbocycles. The second kappa shape index (κ2) is 7.33. The Balaban J connectivity index is 1.69. The fourth-order valence-electron chi connectivity index (χ4n) is 3.79. The van der Waals surface area contributed by atoms with Gasteiger partial charge in [0.05, 0.1) is 32.1 Å². The van der Waals surface area contributed by atoms with Gasteiger partial charge in [0.15, 0.2) is 0 Å². The minimum Gasteiger partial charge on any atom is -0.493 e. The van der Waals surface area contributed by atoms with E-state index in [0.29, 0.717) is 26.4 Å². The summed E-state index contributed by atoms with van der Waals surface area (Å²) in [4.78, 5) is 15.1. The predicted octanol–water partition coefficient (Wildman–Crippen LogP) is 3.92. The average molecular weight is 367 g/mol. The van der Waals surface area contributed by atoms with Crippen LogP contribution in [0.4, 0.5) is 5.69 Å². The summed E-state index contributed by atoms with van der Waals surface area (Å²) in [5.74, 6) is -0.630. The average Bonchev–Trinajstić information content (AvgIpc) is 3.25. The van der Waals surface area contributed by atoms with Gasteiger partial charge in [0.25, 0.3) is 11.7 Å². The molecule has 0 radical (unpaired) electrons. The molecule has 5 heteroatoms. The van der Waals surface area contributed by atoms with Gasteiger partial charge >= 0.3 is 0 Å². The molecule has 142 valence electrons. The molecule has 2 aromatic rings. The molecule has 0 N–H and O–H groups in total. The number of unbranched alkanes of at least 4 members (excludes halogenated alkanes) is 1. The van der Waals surface area contributed by atoms with Gasteiger partial charge in [-0.25, -0.2) is 0 Å². The van der Waals surface area contributed by atoms with Crippen molar-refractivity contribution in [3.05, 3.63) is 59.2 Å². The van der Waals surface area contributed by atoms with Crippen LogP contribution in [-0.2, 0) is 26.6 Å². The molecular weight excluding hydrogens is 342 g/mol. The summed E-state index contributed by atoms with van der Waals surface area (Å²) in [7, 11) is 0. The Morgan fingerprint density at radius 3 is 2.67 bits per heavy atom. The van der Waals surface area contributed by atoms with Crippen molar-refractivity contribution in [2.75, 3.05) is 24.7 Å². The lowest BCUT2D eigenvalue weighted by Crippen LogP contribution is -2.41. The Hall–Kier alpha value is -2.37. The second-order valence-electron chi connectivity index (χ2n) is 6.99. The molecule has 2 heterocycles. The van der Waals surface area contributed by atoms with E-state index in [9.17, 15) is 4.79 Å². The molecule has 5 nitrogen and oxygen atoms in total. The SMILES string of the molecule is CCCCOc1ccccc1CN1C(=O)C2(OCCO2)c2cccc(C)c21.